The molecule has 6 heteroatoms. The Bertz CT molecular complexity index is 622. The highest BCUT2D eigenvalue weighted by molar-refractivity contribution is 5.95. The van der Waals surface area contributed by atoms with E-state index in [4.69, 9.17) is 0 Å². The van der Waals surface area contributed by atoms with Gasteiger partial charge >= 0.3 is 0 Å². The number of anilines is 1. The van der Waals surface area contributed by atoms with Gasteiger partial charge in [0.05, 0.1) is 0 Å². The van der Waals surface area contributed by atoms with Crippen molar-refractivity contribution in [2.75, 3.05) is 44.7 Å². The number of likely N-dealkylation sites (tertiary alicyclic amines) is 1. The topological polar surface area (TPSA) is 60.0 Å². The van der Waals surface area contributed by atoms with Crippen molar-refractivity contribution in [1.82, 2.24) is 15.5 Å². The van der Waals surface area contributed by atoms with Crippen LogP contribution in [0, 0.1) is 0 Å². The Morgan fingerprint density at radius 2 is 1.81 bits per heavy atom. The van der Waals surface area contributed by atoms with Crippen LogP contribution in [0.2, 0.25) is 0 Å². The van der Waals surface area contributed by atoms with Crippen molar-refractivity contribution < 1.29 is 4.79 Å². The number of hydrogen-bond acceptors (Lipinski definition) is 3. The molecule has 1 aromatic carbocycles. The molecule has 0 atom stereocenters. The lowest BCUT2D eigenvalue weighted by molar-refractivity contribution is -0.117. The van der Waals surface area contributed by atoms with Crippen molar-refractivity contribution in [1.29, 1.82) is 0 Å². The summed E-state index contributed by atoms with van der Waals surface area (Å²) < 4.78 is 0. The highest BCUT2D eigenvalue weighted by atomic mass is 16.2. The number of carbonyl (C=O) groups is 1. The third-order valence-electron chi connectivity index (χ3n) is 5.40. The van der Waals surface area contributed by atoms with E-state index < -0.39 is 0 Å². The van der Waals surface area contributed by atoms with Crippen LogP contribution in [0.5, 0.6) is 0 Å². The molecule has 0 aliphatic carbocycles. The van der Waals surface area contributed by atoms with Gasteiger partial charge < -0.3 is 20.4 Å². The van der Waals surface area contributed by atoms with Gasteiger partial charge in [0.1, 0.15) is 0 Å². The van der Waals surface area contributed by atoms with Gasteiger partial charge in [-0.1, -0.05) is 12.1 Å². The van der Waals surface area contributed by atoms with E-state index in [0.29, 0.717) is 6.42 Å². The van der Waals surface area contributed by atoms with Gasteiger partial charge in [-0.3, -0.25) is 9.79 Å². The van der Waals surface area contributed by atoms with Gasteiger partial charge in [0.15, 0.2) is 5.96 Å². The lowest BCUT2D eigenvalue weighted by atomic mass is 10.2. The zero-order chi connectivity index (χ0) is 18.9. The molecule has 2 saturated heterocycles. The van der Waals surface area contributed by atoms with Gasteiger partial charge in [0.2, 0.25) is 5.91 Å². The molecule has 0 saturated carbocycles. The molecule has 148 valence electrons. The van der Waals surface area contributed by atoms with E-state index in [1.54, 1.807) is 0 Å². The smallest absolute Gasteiger partial charge is 0.227 e. The highest BCUT2D eigenvalue weighted by Crippen LogP contribution is 2.21. The zero-order valence-corrected chi connectivity index (χ0v) is 16.5. The van der Waals surface area contributed by atoms with Crippen LogP contribution in [0.4, 0.5) is 5.69 Å². The second-order valence-electron chi connectivity index (χ2n) is 7.42. The normalized spacial score (nSPS) is 18.3. The molecular weight excluding hydrogens is 338 g/mol. The van der Waals surface area contributed by atoms with E-state index in [0.717, 1.165) is 44.1 Å². The van der Waals surface area contributed by atoms with Crippen LogP contribution in [0.1, 0.15) is 44.1 Å². The maximum Gasteiger partial charge on any atom is 0.227 e. The number of guanidine groups is 1. The summed E-state index contributed by atoms with van der Waals surface area (Å²) in [6.45, 7) is 6.29. The number of hydrogen-bond donors (Lipinski definition) is 2. The lowest BCUT2D eigenvalue weighted by Crippen LogP contribution is -2.37. The van der Waals surface area contributed by atoms with E-state index in [-0.39, 0.29) is 5.91 Å². The summed E-state index contributed by atoms with van der Waals surface area (Å²) in [5, 5.41) is 6.76. The lowest BCUT2D eigenvalue weighted by Gasteiger charge is -2.17. The molecule has 0 aromatic heterocycles. The fraction of sp³-hybridized carbons (Fsp3) is 0.619. The quantitative estimate of drug-likeness (QED) is 0.418. The largest absolute Gasteiger partial charge is 0.356 e. The van der Waals surface area contributed by atoms with Gasteiger partial charge in [-0.25, -0.2) is 0 Å². The molecule has 6 nitrogen and oxygen atoms in total. The van der Waals surface area contributed by atoms with Crippen LogP contribution in [0.3, 0.4) is 0 Å². The van der Waals surface area contributed by atoms with Gasteiger partial charge in [0.25, 0.3) is 0 Å². The Hall–Kier alpha value is -2.08. The summed E-state index contributed by atoms with van der Waals surface area (Å²) in [5.74, 6) is 1.07. The van der Waals surface area contributed by atoms with Gasteiger partial charge in [-0.2, -0.15) is 0 Å². The van der Waals surface area contributed by atoms with E-state index in [1.807, 2.05) is 24.1 Å². The number of rotatable bonds is 8. The monoisotopic (exact) mass is 371 g/mol. The molecule has 3 rings (SSSR count). The number of nitrogens with zero attached hydrogens (tertiary/aromatic N) is 3. The number of aliphatic imine (C=N–C) groups is 1. The molecular formula is C21H33N5O. The molecule has 27 heavy (non-hydrogen) atoms. The van der Waals surface area contributed by atoms with Crippen LogP contribution >= 0.6 is 0 Å². The number of amides is 1. The molecule has 2 N–H and O–H groups in total. The van der Waals surface area contributed by atoms with Crippen molar-refractivity contribution in [3.05, 3.63) is 29.8 Å². The number of carbonyl (C=O) groups excluding carboxylic acids is 1. The zero-order valence-electron chi connectivity index (χ0n) is 16.5. The Balaban J connectivity index is 1.34. The maximum atomic E-state index is 11.8. The summed E-state index contributed by atoms with van der Waals surface area (Å²) in [6.07, 6.45) is 6.76. The van der Waals surface area contributed by atoms with Crippen molar-refractivity contribution in [2.24, 2.45) is 4.99 Å². The van der Waals surface area contributed by atoms with Crippen molar-refractivity contribution in [3.8, 4) is 0 Å². The third kappa shape index (κ3) is 5.96. The van der Waals surface area contributed by atoms with E-state index >= 15 is 0 Å². The first-order valence-electron chi connectivity index (χ1n) is 10.3. The first kappa shape index (κ1) is 19.7. The summed E-state index contributed by atoms with van der Waals surface area (Å²) in [6, 6.07) is 8.23. The number of nitrogens with one attached hydrogen (secondary N) is 2. The first-order chi connectivity index (χ1) is 13.3. The molecule has 2 aliphatic rings. The standard InChI is InChI=1S/C21H33N5O/c1-22-21(23-12-2-3-13-25-14-4-5-15-25)24-17-18-8-10-19(11-9-18)26-16-6-7-20(26)27/h8-11H,2-7,12-17H2,1H3,(H2,22,23,24). The second kappa shape index (κ2) is 10.3. The van der Waals surface area contributed by atoms with Crippen molar-refractivity contribution in [3.63, 3.8) is 0 Å². The van der Waals surface area contributed by atoms with E-state index in [9.17, 15) is 4.79 Å². The molecule has 1 amide bonds. The van der Waals surface area contributed by atoms with Crippen molar-refractivity contribution in [2.45, 2.75) is 45.1 Å². The minimum Gasteiger partial charge on any atom is -0.356 e. The van der Waals surface area contributed by atoms with Gasteiger partial charge in [0, 0.05) is 38.8 Å². The number of unbranched alkanes of at least 4 members (excludes halogenated alkanes) is 1. The van der Waals surface area contributed by atoms with E-state index in [2.05, 4.69) is 32.7 Å². The van der Waals surface area contributed by atoms with Crippen LogP contribution in [0.15, 0.2) is 29.3 Å². The minimum absolute atomic E-state index is 0.232. The summed E-state index contributed by atoms with van der Waals surface area (Å²) in [5.41, 5.74) is 2.18. The molecule has 2 aliphatic heterocycles. The summed E-state index contributed by atoms with van der Waals surface area (Å²) in [4.78, 5) is 20.6. The molecule has 0 bridgehead atoms. The Morgan fingerprint density at radius 1 is 1.04 bits per heavy atom. The molecule has 0 radical (unpaired) electrons. The second-order valence-corrected chi connectivity index (χ2v) is 7.42. The molecule has 0 spiro atoms. The predicted molar refractivity (Wildman–Crippen MR) is 111 cm³/mol. The van der Waals surface area contributed by atoms with Crippen molar-refractivity contribution >= 4 is 17.6 Å². The molecule has 2 fully saturated rings. The predicted octanol–water partition coefficient (Wildman–Crippen LogP) is 2.35. The minimum atomic E-state index is 0.232. The van der Waals surface area contributed by atoms with Crippen LogP contribution in [0.25, 0.3) is 0 Å². The average molecular weight is 372 g/mol. The van der Waals surface area contributed by atoms with E-state index in [1.165, 1.54) is 44.5 Å². The Kier molecular flexibility index (Phi) is 7.51. The summed E-state index contributed by atoms with van der Waals surface area (Å²) >= 11 is 0. The molecule has 0 unspecified atom stereocenters. The van der Waals surface area contributed by atoms with Gasteiger partial charge in [-0.15, -0.1) is 0 Å². The van der Waals surface area contributed by atoms with Crippen LogP contribution in [-0.2, 0) is 11.3 Å². The van der Waals surface area contributed by atoms with Gasteiger partial charge in [-0.05, 0) is 69.4 Å². The summed E-state index contributed by atoms with van der Waals surface area (Å²) in [7, 11) is 1.81. The Morgan fingerprint density at radius 3 is 2.48 bits per heavy atom. The van der Waals surface area contributed by atoms with Crippen LogP contribution < -0.4 is 15.5 Å². The maximum absolute atomic E-state index is 11.8. The first-order valence-corrected chi connectivity index (χ1v) is 10.3. The number of benzene rings is 1. The SMILES string of the molecule is CN=C(NCCCCN1CCCC1)NCc1ccc(N2CCCC2=O)cc1. The fourth-order valence-electron chi connectivity index (χ4n) is 3.79. The molecule has 1 aromatic rings. The Labute approximate surface area is 163 Å². The highest BCUT2D eigenvalue weighted by Gasteiger charge is 2.21. The molecule has 2 heterocycles. The van der Waals surface area contributed by atoms with Crippen LogP contribution in [-0.4, -0.2) is 56.5 Å². The average Bonchev–Trinajstić information content (AvgIpc) is 3.36. The fourth-order valence-corrected chi connectivity index (χ4v) is 3.79. The third-order valence-corrected chi connectivity index (χ3v) is 5.40.